The number of nitrogens with zero attached hydrogens (tertiary/aromatic N) is 1. The monoisotopic (exact) mass is 344 g/mol. The average molecular weight is 344 g/mol. The van der Waals surface area contributed by atoms with Gasteiger partial charge in [0.05, 0.1) is 6.54 Å². The highest BCUT2D eigenvalue weighted by Crippen LogP contribution is 2.30. The number of anilines is 1. The summed E-state index contributed by atoms with van der Waals surface area (Å²) in [5.74, 6) is 0.877. The number of carbonyl (C=O) groups is 1. The van der Waals surface area contributed by atoms with Crippen LogP contribution in [-0.4, -0.2) is 43.7 Å². The maximum atomic E-state index is 13.3. The molecule has 6 heteroatoms. The molecule has 0 saturated heterocycles. The standard InChI is InChI=1S/C19H21FN2O3/c1-13-7-8-14(20)9-16(13)21-19(23)11-22(2)10-15-12-24-17-5-3-4-6-18(17)25-15/h3-9,15H,10-12H2,1-2H3,(H,21,23). The van der Waals surface area contributed by atoms with Gasteiger partial charge in [-0.2, -0.15) is 0 Å². The zero-order chi connectivity index (χ0) is 17.8. The van der Waals surface area contributed by atoms with Gasteiger partial charge in [-0.05, 0) is 43.8 Å². The first-order valence-corrected chi connectivity index (χ1v) is 8.14. The van der Waals surface area contributed by atoms with Crippen LogP contribution in [0.25, 0.3) is 0 Å². The third-order valence-corrected chi connectivity index (χ3v) is 3.97. The first-order chi connectivity index (χ1) is 12.0. The molecule has 0 aliphatic carbocycles. The fourth-order valence-corrected chi connectivity index (χ4v) is 2.73. The van der Waals surface area contributed by atoms with Crippen LogP contribution < -0.4 is 14.8 Å². The Morgan fingerprint density at radius 1 is 1.28 bits per heavy atom. The molecule has 2 aromatic rings. The molecule has 0 saturated carbocycles. The molecule has 132 valence electrons. The summed E-state index contributed by atoms with van der Waals surface area (Å²) in [6.45, 7) is 2.98. The smallest absolute Gasteiger partial charge is 0.238 e. The maximum Gasteiger partial charge on any atom is 0.238 e. The summed E-state index contributed by atoms with van der Waals surface area (Å²) in [7, 11) is 1.84. The van der Waals surface area contributed by atoms with Crippen molar-refractivity contribution in [2.75, 3.05) is 32.1 Å². The van der Waals surface area contributed by atoms with Crippen molar-refractivity contribution < 1.29 is 18.7 Å². The molecule has 0 bridgehead atoms. The maximum absolute atomic E-state index is 13.3. The summed E-state index contributed by atoms with van der Waals surface area (Å²) < 4.78 is 24.9. The molecule has 1 N–H and O–H groups in total. The predicted molar refractivity (Wildman–Crippen MR) is 93.6 cm³/mol. The number of fused-ring (bicyclic) bond motifs is 1. The van der Waals surface area contributed by atoms with E-state index in [0.717, 1.165) is 11.3 Å². The number of aryl methyl sites for hydroxylation is 1. The van der Waals surface area contributed by atoms with Gasteiger partial charge in [0.2, 0.25) is 5.91 Å². The molecule has 0 spiro atoms. The van der Waals surface area contributed by atoms with Crippen LogP contribution in [0.15, 0.2) is 42.5 Å². The Kier molecular flexibility index (Phi) is 5.19. The van der Waals surface area contributed by atoms with Crippen molar-refractivity contribution in [1.29, 1.82) is 0 Å². The number of rotatable bonds is 5. The molecule has 1 unspecified atom stereocenters. The van der Waals surface area contributed by atoms with Gasteiger partial charge in [0, 0.05) is 12.2 Å². The lowest BCUT2D eigenvalue weighted by atomic mass is 10.2. The lowest BCUT2D eigenvalue weighted by Crippen LogP contribution is -2.42. The van der Waals surface area contributed by atoms with Crippen molar-refractivity contribution in [1.82, 2.24) is 4.90 Å². The van der Waals surface area contributed by atoms with Crippen molar-refractivity contribution in [2.24, 2.45) is 0 Å². The van der Waals surface area contributed by atoms with Crippen molar-refractivity contribution in [3.8, 4) is 11.5 Å². The zero-order valence-electron chi connectivity index (χ0n) is 14.3. The Hall–Kier alpha value is -2.60. The van der Waals surface area contributed by atoms with Crippen LogP contribution in [0.5, 0.6) is 11.5 Å². The third-order valence-electron chi connectivity index (χ3n) is 3.97. The molecule has 1 heterocycles. The van der Waals surface area contributed by atoms with Crippen molar-refractivity contribution in [3.63, 3.8) is 0 Å². The van der Waals surface area contributed by atoms with Crippen LogP contribution in [0.2, 0.25) is 0 Å². The SMILES string of the molecule is Cc1ccc(F)cc1NC(=O)CN(C)CC1COc2ccccc2O1. The van der Waals surface area contributed by atoms with E-state index in [2.05, 4.69) is 5.32 Å². The molecule has 0 aromatic heterocycles. The van der Waals surface area contributed by atoms with Crippen molar-refractivity contribution in [3.05, 3.63) is 53.8 Å². The molecule has 1 aliphatic rings. The lowest BCUT2D eigenvalue weighted by Gasteiger charge is -2.29. The second-order valence-corrected chi connectivity index (χ2v) is 6.20. The van der Waals surface area contributed by atoms with E-state index < -0.39 is 0 Å². The minimum atomic E-state index is -0.374. The van der Waals surface area contributed by atoms with Crippen LogP contribution in [0, 0.1) is 12.7 Å². The molecule has 1 aliphatic heterocycles. The number of hydrogen-bond acceptors (Lipinski definition) is 4. The van der Waals surface area contributed by atoms with E-state index in [4.69, 9.17) is 9.47 Å². The number of carbonyl (C=O) groups excluding carboxylic acids is 1. The van der Waals surface area contributed by atoms with E-state index in [0.29, 0.717) is 24.6 Å². The number of amides is 1. The second-order valence-electron chi connectivity index (χ2n) is 6.20. The van der Waals surface area contributed by atoms with E-state index in [1.54, 1.807) is 6.07 Å². The Labute approximate surface area is 146 Å². The van der Waals surface area contributed by atoms with Crippen LogP contribution in [0.3, 0.4) is 0 Å². The van der Waals surface area contributed by atoms with Crippen molar-refractivity contribution >= 4 is 11.6 Å². The van der Waals surface area contributed by atoms with Gasteiger partial charge in [0.15, 0.2) is 11.5 Å². The quantitative estimate of drug-likeness (QED) is 0.906. The van der Waals surface area contributed by atoms with E-state index in [-0.39, 0.29) is 24.4 Å². The molecular formula is C19H21FN2O3. The summed E-state index contributed by atoms with van der Waals surface area (Å²) in [6.07, 6.45) is -0.149. The Bertz CT molecular complexity index is 766. The van der Waals surface area contributed by atoms with Gasteiger partial charge in [-0.25, -0.2) is 4.39 Å². The molecule has 0 fully saturated rings. The Morgan fingerprint density at radius 3 is 2.84 bits per heavy atom. The number of benzene rings is 2. The number of halogens is 1. The second kappa shape index (κ2) is 7.53. The average Bonchev–Trinajstić information content (AvgIpc) is 2.58. The number of likely N-dealkylation sites (N-methyl/N-ethyl adjacent to an activating group) is 1. The first kappa shape index (κ1) is 17.2. The van der Waals surface area contributed by atoms with E-state index in [1.165, 1.54) is 12.1 Å². The Morgan fingerprint density at radius 2 is 2.04 bits per heavy atom. The van der Waals surface area contributed by atoms with Gasteiger partial charge in [-0.15, -0.1) is 0 Å². The molecular weight excluding hydrogens is 323 g/mol. The van der Waals surface area contributed by atoms with Crippen LogP contribution in [-0.2, 0) is 4.79 Å². The topological polar surface area (TPSA) is 50.8 Å². The van der Waals surface area contributed by atoms with E-state index >= 15 is 0 Å². The first-order valence-electron chi connectivity index (χ1n) is 8.14. The number of hydrogen-bond donors (Lipinski definition) is 1. The van der Waals surface area contributed by atoms with Gasteiger partial charge in [-0.3, -0.25) is 9.69 Å². The van der Waals surface area contributed by atoms with Gasteiger partial charge < -0.3 is 14.8 Å². The number of para-hydroxylation sites is 2. The zero-order valence-corrected chi connectivity index (χ0v) is 14.3. The van der Waals surface area contributed by atoms with Crippen LogP contribution >= 0.6 is 0 Å². The van der Waals surface area contributed by atoms with Crippen molar-refractivity contribution in [2.45, 2.75) is 13.0 Å². The van der Waals surface area contributed by atoms with E-state index in [1.807, 2.05) is 43.1 Å². The highest BCUT2D eigenvalue weighted by molar-refractivity contribution is 5.92. The highest BCUT2D eigenvalue weighted by atomic mass is 19.1. The molecule has 2 aromatic carbocycles. The van der Waals surface area contributed by atoms with Gasteiger partial charge in [0.1, 0.15) is 18.5 Å². The predicted octanol–water partition coefficient (Wildman–Crippen LogP) is 2.84. The summed E-state index contributed by atoms with van der Waals surface area (Å²) in [5, 5.41) is 2.74. The van der Waals surface area contributed by atoms with Gasteiger partial charge in [0.25, 0.3) is 0 Å². The van der Waals surface area contributed by atoms with E-state index in [9.17, 15) is 9.18 Å². The number of nitrogens with one attached hydrogen (secondary N) is 1. The summed E-state index contributed by atoms with van der Waals surface area (Å²) in [4.78, 5) is 14.0. The van der Waals surface area contributed by atoms with Crippen LogP contribution in [0.1, 0.15) is 5.56 Å². The van der Waals surface area contributed by atoms with Gasteiger partial charge >= 0.3 is 0 Å². The molecule has 0 radical (unpaired) electrons. The Balaban J connectivity index is 1.52. The molecule has 1 amide bonds. The normalized spacial score (nSPS) is 15.9. The summed E-state index contributed by atoms with van der Waals surface area (Å²) in [5.41, 5.74) is 1.31. The molecule has 1 atom stereocenters. The minimum Gasteiger partial charge on any atom is -0.486 e. The third kappa shape index (κ3) is 4.48. The fraction of sp³-hybridized carbons (Fsp3) is 0.316. The largest absolute Gasteiger partial charge is 0.486 e. The minimum absolute atomic E-state index is 0.149. The fourth-order valence-electron chi connectivity index (χ4n) is 2.73. The van der Waals surface area contributed by atoms with Crippen LogP contribution in [0.4, 0.5) is 10.1 Å². The van der Waals surface area contributed by atoms with Gasteiger partial charge in [-0.1, -0.05) is 18.2 Å². The summed E-state index contributed by atoms with van der Waals surface area (Å²) in [6, 6.07) is 11.8. The number of ether oxygens (including phenoxy) is 2. The lowest BCUT2D eigenvalue weighted by molar-refractivity contribution is -0.117. The molecule has 5 nitrogen and oxygen atoms in total. The molecule has 25 heavy (non-hydrogen) atoms. The summed E-state index contributed by atoms with van der Waals surface area (Å²) >= 11 is 0. The highest BCUT2D eigenvalue weighted by Gasteiger charge is 2.22. The molecule has 3 rings (SSSR count).